The molecule has 0 radical (unpaired) electrons. The molecular formula is C32H42N6O10S2. The van der Waals surface area contributed by atoms with Crippen LogP contribution in [0.4, 0.5) is 4.79 Å². The molecule has 4 aliphatic rings. The Morgan fingerprint density at radius 3 is 1.92 bits per heavy atom. The number of nitrogens with one attached hydrogen (secondary N) is 2. The van der Waals surface area contributed by atoms with Crippen molar-refractivity contribution < 1.29 is 44.3 Å². The van der Waals surface area contributed by atoms with E-state index in [-0.39, 0.29) is 29.2 Å². The van der Waals surface area contributed by atoms with E-state index in [1.165, 1.54) is 37.8 Å². The standard InChI is InChI=1S/C16H21N3O5S.C9H10N2O4S.C7H11NO/c1-2-23-12-9-6-10-13-14(12)15(19-25(21,22)24-13)18-16(20)17-11-7-4-3-5-8-11;1-2-14-6-4-3-5-7-8(6)9(10)11-16(12,13)15-7;9-6-8-7-4-2-1-3-5-7/h6,9-11H,2-5,7-8H2,1H3,(H2,17,18,19,20);3-5H,2H2,1H3,(H2,10,11);7H,1-5H2. The molecule has 2 saturated carbocycles. The first kappa shape index (κ1) is 38.1. The highest BCUT2D eigenvalue weighted by Crippen LogP contribution is 2.34. The number of hydrogen-bond acceptors (Lipinski definition) is 12. The summed E-state index contributed by atoms with van der Waals surface area (Å²) in [6.07, 6.45) is 12.7. The van der Waals surface area contributed by atoms with Crippen molar-refractivity contribution in [3.8, 4) is 23.0 Å². The van der Waals surface area contributed by atoms with Crippen molar-refractivity contribution in [2.24, 2.45) is 19.5 Å². The number of nitrogens with zero attached hydrogens (tertiary/aromatic N) is 3. The maximum atomic E-state index is 12.3. The molecule has 0 atom stereocenters. The van der Waals surface area contributed by atoms with Crippen LogP contribution in [-0.4, -0.2) is 65.9 Å². The van der Waals surface area contributed by atoms with Crippen molar-refractivity contribution in [1.29, 1.82) is 0 Å². The minimum Gasteiger partial charge on any atom is -0.493 e. The van der Waals surface area contributed by atoms with Crippen molar-refractivity contribution in [1.82, 2.24) is 10.6 Å². The normalized spacial score (nSPS) is 18.8. The first-order chi connectivity index (χ1) is 23.9. The van der Waals surface area contributed by atoms with E-state index in [1.807, 2.05) is 6.92 Å². The number of urea groups is 1. The summed E-state index contributed by atoms with van der Waals surface area (Å²) in [4.78, 5) is 25.7. The van der Waals surface area contributed by atoms with E-state index in [9.17, 15) is 26.4 Å². The Bertz CT molecular complexity index is 1830. The van der Waals surface area contributed by atoms with E-state index in [4.69, 9.17) is 23.6 Å². The van der Waals surface area contributed by atoms with Crippen molar-refractivity contribution >= 4 is 44.4 Å². The summed E-state index contributed by atoms with van der Waals surface area (Å²) < 4.78 is 73.2. The smallest absolute Gasteiger partial charge is 0.430 e. The number of hydrogen-bond donors (Lipinski definition) is 3. The summed E-state index contributed by atoms with van der Waals surface area (Å²) in [7, 11) is -8.14. The lowest BCUT2D eigenvalue weighted by Gasteiger charge is -2.24. The lowest BCUT2D eigenvalue weighted by Crippen LogP contribution is -2.46. The molecule has 2 heterocycles. The fraction of sp³-hybridized carbons (Fsp3) is 0.500. The fourth-order valence-corrected chi connectivity index (χ4v) is 7.23. The van der Waals surface area contributed by atoms with E-state index in [0.29, 0.717) is 41.9 Å². The zero-order valence-electron chi connectivity index (χ0n) is 27.9. The fourth-order valence-electron chi connectivity index (χ4n) is 5.73. The maximum Gasteiger partial charge on any atom is 0.430 e. The van der Waals surface area contributed by atoms with Crippen LogP contribution in [0.15, 0.2) is 50.2 Å². The number of aliphatic imine (C=N–C) groups is 1. The minimum absolute atomic E-state index is 0.0777. The molecule has 0 aromatic heterocycles. The van der Waals surface area contributed by atoms with Crippen LogP contribution in [0, 0.1) is 0 Å². The van der Waals surface area contributed by atoms with Crippen LogP contribution in [0.5, 0.6) is 23.0 Å². The zero-order chi connectivity index (χ0) is 36.1. The monoisotopic (exact) mass is 734 g/mol. The second-order valence-corrected chi connectivity index (χ2v) is 13.9. The van der Waals surface area contributed by atoms with Gasteiger partial charge in [0, 0.05) is 6.04 Å². The number of benzene rings is 2. The average molecular weight is 735 g/mol. The van der Waals surface area contributed by atoms with Gasteiger partial charge in [0.15, 0.2) is 23.2 Å². The maximum absolute atomic E-state index is 12.3. The molecular weight excluding hydrogens is 693 g/mol. The number of amidine groups is 2. The summed E-state index contributed by atoms with van der Waals surface area (Å²) in [5, 5.41) is 5.41. The molecule has 0 saturated heterocycles. The molecule has 2 aliphatic carbocycles. The van der Waals surface area contributed by atoms with E-state index in [0.717, 1.165) is 38.5 Å². The number of carbonyl (C=O) groups is 1. The number of carbonyl (C=O) groups excluding carboxylic acids is 2. The van der Waals surface area contributed by atoms with Crippen LogP contribution >= 0.6 is 0 Å². The number of amides is 2. The highest BCUT2D eigenvalue weighted by Gasteiger charge is 2.30. The van der Waals surface area contributed by atoms with Gasteiger partial charge in [0.05, 0.1) is 19.3 Å². The molecule has 2 aromatic rings. The molecule has 0 bridgehead atoms. The van der Waals surface area contributed by atoms with E-state index < -0.39 is 26.6 Å². The Hall–Kier alpha value is -4.67. The lowest BCUT2D eigenvalue weighted by atomic mass is 9.96. The van der Waals surface area contributed by atoms with Gasteiger partial charge in [-0.25, -0.2) is 14.6 Å². The van der Waals surface area contributed by atoms with Gasteiger partial charge in [-0.05, 0) is 63.8 Å². The van der Waals surface area contributed by atoms with Crippen LogP contribution in [0.25, 0.3) is 0 Å². The summed E-state index contributed by atoms with van der Waals surface area (Å²) in [6.45, 7) is 4.44. The van der Waals surface area contributed by atoms with Crippen LogP contribution in [0.2, 0.25) is 0 Å². The number of isocyanates is 1. The predicted octanol–water partition coefficient (Wildman–Crippen LogP) is 4.18. The average Bonchev–Trinajstić information content (AvgIpc) is 3.05. The van der Waals surface area contributed by atoms with Crippen molar-refractivity contribution in [2.45, 2.75) is 90.1 Å². The molecule has 6 rings (SSSR count). The van der Waals surface area contributed by atoms with Gasteiger partial charge in [-0.2, -0.15) is 16.8 Å². The third-order valence-corrected chi connectivity index (χ3v) is 9.46. The molecule has 2 aliphatic heterocycles. The Balaban J connectivity index is 0.000000191. The third-order valence-electron chi connectivity index (χ3n) is 7.85. The summed E-state index contributed by atoms with van der Waals surface area (Å²) in [5.74, 6) is 0.846. The van der Waals surface area contributed by atoms with Gasteiger partial charge in [0.25, 0.3) is 0 Å². The number of rotatable bonds is 6. The van der Waals surface area contributed by atoms with Crippen LogP contribution in [-0.2, 0) is 25.4 Å². The van der Waals surface area contributed by atoms with Gasteiger partial charge in [-0.3, -0.25) is 5.32 Å². The molecule has 2 aromatic carbocycles. The molecule has 50 heavy (non-hydrogen) atoms. The third kappa shape index (κ3) is 10.9. The molecule has 16 nitrogen and oxygen atoms in total. The van der Waals surface area contributed by atoms with E-state index in [2.05, 4.69) is 24.4 Å². The van der Waals surface area contributed by atoms with Crippen molar-refractivity contribution in [3.05, 3.63) is 47.5 Å². The van der Waals surface area contributed by atoms with Crippen LogP contribution in [0.3, 0.4) is 0 Å². The molecule has 272 valence electrons. The van der Waals surface area contributed by atoms with Crippen molar-refractivity contribution in [3.63, 3.8) is 0 Å². The SMILES string of the molecule is CCOc1cccc2c1C(N)=NS(=O)(=O)O2.CCOc1cccc2c1C(NC(=O)NC1CCCCC1)=NS(=O)(=O)O2.O=C=NC1CCCCC1. The zero-order valence-corrected chi connectivity index (χ0v) is 29.6. The molecule has 4 N–H and O–H groups in total. The van der Waals surface area contributed by atoms with E-state index >= 15 is 0 Å². The highest BCUT2D eigenvalue weighted by atomic mass is 32.2. The minimum atomic E-state index is -4.17. The lowest BCUT2D eigenvalue weighted by molar-refractivity contribution is 0.237. The summed E-state index contributed by atoms with van der Waals surface area (Å²) in [6, 6.07) is 9.47. The van der Waals surface area contributed by atoms with Crippen LogP contribution < -0.4 is 34.2 Å². The van der Waals surface area contributed by atoms with Gasteiger partial charge in [-0.1, -0.05) is 50.7 Å². The van der Waals surface area contributed by atoms with Gasteiger partial charge < -0.3 is 28.9 Å². The van der Waals surface area contributed by atoms with Gasteiger partial charge >= 0.3 is 26.6 Å². The predicted molar refractivity (Wildman–Crippen MR) is 185 cm³/mol. The second-order valence-electron chi connectivity index (χ2n) is 11.5. The van der Waals surface area contributed by atoms with Gasteiger partial charge in [0.1, 0.15) is 22.6 Å². The summed E-state index contributed by atoms with van der Waals surface area (Å²) in [5.41, 5.74) is 6.26. The molecule has 0 spiro atoms. The topological polar surface area (TPSA) is 226 Å². The van der Waals surface area contributed by atoms with Gasteiger partial charge in [0.2, 0.25) is 6.08 Å². The van der Waals surface area contributed by atoms with Crippen molar-refractivity contribution in [2.75, 3.05) is 13.2 Å². The Labute approximate surface area is 292 Å². The molecule has 0 unspecified atom stereocenters. The highest BCUT2D eigenvalue weighted by molar-refractivity contribution is 7.86. The Morgan fingerprint density at radius 1 is 0.840 bits per heavy atom. The largest absolute Gasteiger partial charge is 0.493 e. The number of ether oxygens (including phenoxy) is 2. The summed E-state index contributed by atoms with van der Waals surface area (Å²) >= 11 is 0. The van der Waals surface area contributed by atoms with Crippen LogP contribution in [0.1, 0.15) is 89.2 Å². The quantitative estimate of drug-likeness (QED) is 0.282. The van der Waals surface area contributed by atoms with Gasteiger partial charge in [-0.15, -0.1) is 8.80 Å². The molecule has 18 heteroatoms. The Kier molecular flexibility index (Phi) is 13.6. The number of nitrogens with two attached hydrogens (primary N) is 1. The van der Waals surface area contributed by atoms with E-state index in [1.54, 1.807) is 37.3 Å². The Morgan fingerprint density at radius 2 is 1.36 bits per heavy atom. The first-order valence-corrected chi connectivity index (χ1v) is 19.2. The second kappa shape index (κ2) is 17.8. The number of fused-ring (bicyclic) bond motifs is 2. The molecule has 2 amide bonds. The first-order valence-electron chi connectivity index (χ1n) is 16.5. The molecule has 2 fully saturated rings.